The number of carbonyl (C=O) groups is 3. The maximum Gasteiger partial charge on any atom is 0.335 e. The van der Waals surface area contributed by atoms with E-state index in [0.29, 0.717) is 25.9 Å². The lowest BCUT2D eigenvalue weighted by atomic mass is 9.93. The highest BCUT2D eigenvalue weighted by atomic mass is 16.6. The molecule has 0 atom stereocenters. The van der Waals surface area contributed by atoms with Gasteiger partial charge in [-0.2, -0.15) is 0 Å². The van der Waals surface area contributed by atoms with E-state index in [0.717, 1.165) is 18.2 Å². The van der Waals surface area contributed by atoms with E-state index in [4.69, 9.17) is 10.8 Å². The van der Waals surface area contributed by atoms with E-state index in [1.54, 1.807) is 0 Å². The predicted molar refractivity (Wildman–Crippen MR) is 82.5 cm³/mol. The highest BCUT2D eigenvalue weighted by Gasteiger charge is 2.26. The number of carboxylic acids is 1. The molecule has 2 amide bonds. The van der Waals surface area contributed by atoms with E-state index in [9.17, 15) is 24.5 Å². The van der Waals surface area contributed by atoms with Crippen LogP contribution in [-0.2, 0) is 4.79 Å². The zero-order valence-electron chi connectivity index (χ0n) is 12.8. The average molecular weight is 335 g/mol. The number of likely N-dealkylation sites (tertiary alicyclic amines) is 1. The third-order valence-corrected chi connectivity index (χ3v) is 4.01. The van der Waals surface area contributed by atoms with Gasteiger partial charge in [0.1, 0.15) is 0 Å². The molecule has 0 aromatic heterocycles. The van der Waals surface area contributed by atoms with Crippen molar-refractivity contribution in [2.45, 2.75) is 19.3 Å². The minimum Gasteiger partial charge on any atom is -0.478 e. The van der Waals surface area contributed by atoms with Crippen LogP contribution in [0.25, 0.3) is 0 Å². The van der Waals surface area contributed by atoms with Crippen LogP contribution in [0.5, 0.6) is 0 Å². The molecule has 1 heterocycles. The van der Waals surface area contributed by atoms with Crippen molar-refractivity contribution in [1.29, 1.82) is 0 Å². The van der Waals surface area contributed by atoms with Crippen LogP contribution in [0.1, 0.15) is 40.0 Å². The molecule has 24 heavy (non-hydrogen) atoms. The van der Waals surface area contributed by atoms with Crippen molar-refractivity contribution >= 4 is 23.5 Å². The van der Waals surface area contributed by atoms with Crippen LogP contribution in [0, 0.1) is 16.0 Å². The number of nitrogens with two attached hydrogens (primary N) is 1. The van der Waals surface area contributed by atoms with Crippen LogP contribution >= 0.6 is 0 Å². The van der Waals surface area contributed by atoms with Crippen molar-refractivity contribution in [3.63, 3.8) is 0 Å². The summed E-state index contributed by atoms with van der Waals surface area (Å²) in [5.74, 6) is -2.07. The van der Waals surface area contributed by atoms with Gasteiger partial charge in [0, 0.05) is 37.2 Å². The van der Waals surface area contributed by atoms with Crippen LogP contribution in [0.4, 0.5) is 5.69 Å². The number of hydrogen-bond donors (Lipinski definition) is 2. The number of piperidine rings is 1. The summed E-state index contributed by atoms with van der Waals surface area (Å²) in [5.41, 5.74) is 4.38. The molecule has 0 spiro atoms. The number of hydrogen-bond acceptors (Lipinski definition) is 5. The summed E-state index contributed by atoms with van der Waals surface area (Å²) in [5, 5.41) is 20.0. The number of nitro groups is 1. The van der Waals surface area contributed by atoms with E-state index in [1.807, 2.05) is 0 Å². The standard InChI is InChI=1S/C15H17N3O6/c16-13(19)5-9-1-3-17(4-2-9)14(20)10-6-11(15(21)22)8-12(7-10)18(23)24/h6-9H,1-5H2,(H2,16,19)(H,21,22). The van der Waals surface area contributed by atoms with Gasteiger partial charge in [-0.25, -0.2) is 4.79 Å². The van der Waals surface area contributed by atoms with E-state index < -0.39 is 22.5 Å². The summed E-state index contributed by atoms with van der Waals surface area (Å²) < 4.78 is 0. The van der Waals surface area contributed by atoms with E-state index in [2.05, 4.69) is 0 Å². The molecule has 2 rings (SSSR count). The van der Waals surface area contributed by atoms with Gasteiger partial charge in [-0.15, -0.1) is 0 Å². The Balaban J connectivity index is 2.16. The highest BCUT2D eigenvalue weighted by Crippen LogP contribution is 2.24. The van der Waals surface area contributed by atoms with Crippen LogP contribution < -0.4 is 5.73 Å². The van der Waals surface area contributed by atoms with Gasteiger partial charge in [-0.05, 0) is 24.8 Å². The number of nitrogens with zero attached hydrogens (tertiary/aromatic N) is 2. The molecule has 0 saturated carbocycles. The molecule has 1 aromatic carbocycles. The van der Waals surface area contributed by atoms with Gasteiger partial charge in [0.05, 0.1) is 10.5 Å². The molecule has 3 N–H and O–H groups in total. The second-order valence-corrected chi connectivity index (χ2v) is 5.74. The molecule has 1 fully saturated rings. The molecule has 1 aliphatic heterocycles. The number of primary amides is 1. The van der Waals surface area contributed by atoms with Gasteiger partial charge < -0.3 is 15.7 Å². The Morgan fingerprint density at radius 2 is 1.79 bits per heavy atom. The first-order chi connectivity index (χ1) is 11.3. The smallest absolute Gasteiger partial charge is 0.335 e. The first-order valence-corrected chi connectivity index (χ1v) is 7.38. The number of aromatic carboxylic acids is 1. The molecule has 9 heteroatoms. The van der Waals surface area contributed by atoms with Gasteiger partial charge in [-0.3, -0.25) is 19.7 Å². The molecular formula is C15H17N3O6. The van der Waals surface area contributed by atoms with Gasteiger partial charge in [0.2, 0.25) is 5.91 Å². The second kappa shape index (κ2) is 7.07. The Labute approximate surface area is 137 Å². The van der Waals surface area contributed by atoms with Gasteiger partial charge in [0.15, 0.2) is 0 Å². The molecular weight excluding hydrogens is 318 g/mol. The lowest BCUT2D eigenvalue weighted by molar-refractivity contribution is -0.384. The number of rotatable bonds is 5. The van der Waals surface area contributed by atoms with Crippen LogP contribution in [0.2, 0.25) is 0 Å². The third-order valence-electron chi connectivity index (χ3n) is 4.01. The maximum absolute atomic E-state index is 12.5. The fourth-order valence-electron chi connectivity index (χ4n) is 2.77. The largest absolute Gasteiger partial charge is 0.478 e. The van der Waals surface area contributed by atoms with Gasteiger partial charge >= 0.3 is 5.97 Å². The lowest BCUT2D eigenvalue weighted by Gasteiger charge is -2.31. The minimum atomic E-state index is -1.34. The predicted octanol–water partition coefficient (Wildman–Crippen LogP) is 1.02. The molecule has 1 aliphatic rings. The number of amides is 2. The third kappa shape index (κ3) is 4.06. The first-order valence-electron chi connectivity index (χ1n) is 7.38. The molecule has 0 bridgehead atoms. The number of benzene rings is 1. The summed E-state index contributed by atoms with van der Waals surface area (Å²) in [7, 11) is 0. The fourth-order valence-corrected chi connectivity index (χ4v) is 2.77. The fraction of sp³-hybridized carbons (Fsp3) is 0.400. The van der Waals surface area contributed by atoms with Gasteiger partial charge in [0.25, 0.3) is 11.6 Å². The Morgan fingerprint density at radius 3 is 2.29 bits per heavy atom. The molecule has 0 aliphatic carbocycles. The Bertz CT molecular complexity index is 662. The number of non-ortho nitro benzene ring substituents is 1. The summed E-state index contributed by atoms with van der Waals surface area (Å²) >= 11 is 0. The van der Waals surface area contributed by atoms with Crippen LogP contribution in [0.15, 0.2) is 18.2 Å². The Kier molecular flexibility index (Phi) is 5.12. The normalized spacial score (nSPS) is 15.1. The van der Waals surface area contributed by atoms with Crippen molar-refractivity contribution in [2.24, 2.45) is 11.7 Å². The minimum absolute atomic E-state index is 0.0325. The van der Waals surface area contributed by atoms with Crippen molar-refractivity contribution in [3.05, 3.63) is 39.4 Å². The summed E-state index contributed by atoms with van der Waals surface area (Å²) in [6.45, 7) is 0.782. The van der Waals surface area contributed by atoms with E-state index in [-0.39, 0.29) is 29.4 Å². The molecule has 128 valence electrons. The topological polar surface area (TPSA) is 144 Å². The van der Waals surface area contributed by atoms with Crippen LogP contribution in [0.3, 0.4) is 0 Å². The molecule has 1 saturated heterocycles. The SMILES string of the molecule is NC(=O)CC1CCN(C(=O)c2cc(C(=O)O)cc([N+](=O)[O-])c2)CC1. The number of carbonyl (C=O) groups excluding carboxylic acids is 2. The zero-order valence-corrected chi connectivity index (χ0v) is 12.8. The summed E-state index contributed by atoms with van der Waals surface area (Å²) in [4.78, 5) is 46.2. The van der Waals surface area contributed by atoms with E-state index >= 15 is 0 Å². The Morgan fingerprint density at radius 1 is 1.21 bits per heavy atom. The maximum atomic E-state index is 12.5. The summed E-state index contributed by atoms with van der Waals surface area (Å²) in [6.07, 6.45) is 1.48. The monoisotopic (exact) mass is 335 g/mol. The van der Waals surface area contributed by atoms with E-state index in [1.165, 1.54) is 4.90 Å². The summed E-state index contributed by atoms with van der Waals surface area (Å²) in [6, 6.07) is 3.12. The second-order valence-electron chi connectivity index (χ2n) is 5.74. The zero-order chi connectivity index (χ0) is 17.9. The highest BCUT2D eigenvalue weighted by molar-refractivity contribution is 5.98. The average Bonchev–Trinajstić information content (AvgIpc) is 2.53. The van der Waals surface area contributed by atoms with Crippen molar-refractivity contribution < 1.29 is 24.4 Å². The van der Waals surface area contributed by atoms with Gasteiger partial charge in [-0.1, -0.05) is 0 Å². The quantitative estimate of drug-likeness (QED) is 0.607. The van der Waals surface area contributed by atoms with Crippen molar-refractivity contribution in [2.75, 3.05) is 13.1 Å². The van der Waals surface area contributed by atoms with Crippen molar-refractivity contribution in [1.82, 2.24) is 4.90 Å². The molecule has 9 nitrogen and oxygen atoms in total. The number of carboxylic acid groups (broad SMARTS) is 1. The number of nitro benzene ring substituents is 1. The lowest BCUT2D eigenvalue weighted by Crippen LogP contribution is -2.39. The Hall–Kier alpha value is -2.97. The molecule has 1 aromatic rings. The molecule has 0 radical (unpaired) electrons. The van der Waals surface area contributed by atoms with Crippen LogP contribution in [-0.4, -0.2) is 45.8 Å². The first kappa shape index (κ1) is 17.4. The molecule has 0 unspecified atom stereocenters. The van der Waals surface area contributed by atoms with Crippen molar-refractivity contribution in [3.8, 4) is 0 Å².